The fraction of sp³-hybridized carbons (Fsp3) is 0.290. The molecule has 1 amide bonds. The lowest BCUT2D eigenvalue weighted by atomic mass is 10.00. The number of rotatable bonds is 8. The van der Waals surface area contributed by atoms with Gasteiger partial charge in [0.1, 0.15) is 5.56 Å². The fourth-order valence-electron chi connectivity index (χ4n) is 4.99. The minimum absolute atomic E-state index is 0.0124. The number of nitrogens with zero attached hydrogens (tertiary/aromatic N) is 3. The van der Waals surface area contributed by atoms with Crippen molar-refractivity contribution in [1.82, 2.24) is 20.1 Å². The van der Waals surface area contributed by atoms with Crippen LogP contribution in [0.4, 0.5) is 5.69 Å². The van der Waals surface area contributed by atoms with Crippen LogP contribution < -0.4 is 20.9 Å². The Kier molecular flexibility index (Phi) is 9.43. The summed E-state index contributed by atoms with van der Waals surface area (Å²) in [6, 6.07) is 14.4. The number of hydrogen-bond acceptors (Lipinski definition) is 8. The number of amides is 1. The van der Waals surface area contributed by atoms with Gasteiger partial charge in [0.25, 0.3) is 11.5 Å². The maximum atomic E-state index is 13.1. The van der Waals surface area contributed by atoms with E-state index in [9.17, 15) is 14.7 Å². The molecule has 0 saturated carbocycles. The van der Waals surface area contributed by atoms with Crippen molar-refractivity contribution in [2.24, 2.45) is 7.05 Å². The van der Waals surface area contributed by atoms with Gasteiger partial charge < -0.3 is 25.2 Å². The maximum Gasteiger partial charge on any atom is 0.279 e. The zero-order chi connectivity index (χ0) is 30.7. The summed E-state index contributed by atoms with van der Waals surface area (Å²) in [5, 5.41) is 20.9. The zero-order valence-electron chi connectivity index (χ0n) is 23.9. The molecule has 43 heavy (non-hydrogen) atoms. The molecule has 1 aliphatic heterocycles. The van der Waals surface area contributed by atoms with Crippen molar-refractivity contribution in [3.8, 4) is 28.3 Å². The highest BCUT2D eigenvalue weighted by atomic mass is 35.5. The van der Waals surface area contributed by atoms with E-state index in [0.717, 1.165) is 10.2 Å². The summed E-state index contributed by atoms with van der Waals surface area (Å²) in [5.41, 5.74) is 3.59. The van der Waals surface area contributed by atoms with Crippen LogP contribution in [0.15, 0.2) is 59.5 Å². The number of hydrogen-bond donors (Lipinski definition) is 3. The number of anilines is 1. The van der Waals surface area contributed by atoms with Gasteiger partial charge in [0.15, 0.2) is 0 Å². The molecule has 3 N–H and O–H groups in total. The predicted octanol–water partition coefficient (Wildman–Crippen LogP) is 4.62. The van der Waals surface area contributed by atoms with Gasteiger partial charge in [0.05, 0.1) is 47.4 Å². The number of ether oxygens (including phenoxy) is 2. The van der Waals surface area contributed by atoms with E-state index < -0.39 is 17.6 Å². The van der Waals surface area contributed by atoms with Crippen LogP contribution in [0.1, 0.15) is 27.9 Å². The van der Waals surface area contributed by atoms with Crippen molar-refractivity contribution >= 4 is 34.8 Å². The molecule has 1 unspecified atom stereocenters. The van der Waals surface area contributed by atoms with Crippen LogP contribution in [0.2, 0.25) is 10.0 Å². The van der Waals surface area contributed by atoms with Crippen molar-refractivity contribution in [3.05, 3.63) is 91.8 Å². The molecule has 1 aliphatic rings. The van der Waals surface area contributed by atoms with Crippen molar-refractivity contribution < 1.29 is 19.4 Å². The van der Waals surface area contributed by atoms with Gasteiger partial charge in [-0.05, 0) is 31.0 Å². The minimum atomic E-state index is -0.586. The summed E-state index contributed by atoms with van der Waals surface area (Å²) in [5.74, 6) is -0.148. The number of aryl methyl sites for hydroxylation is 2. The third-order valence-corrected chi connectivity index (χ3v) is 8.19. The smallest absolute Gasteiger partial charge is 0.279 e. The number of aromatic nitrogens is 3. The van der Waals surface area contributed by atoms with E-state index >= 15 is 0 Å². The molecule has 0 radical (unpaired) electrons. The van der Waals surface area contributed by atoms with Gasteiger partial charge in [-0.3, -0.25) is 9.59 Å². The minimum Gasteiger partial charge on any atom is -0.481 e. The molecule has 3 heterocycles. The second-order valence-electron chi connectivity index (χ2n) is 10.2. The fourth-order valence-corrected chi connectivity index (χ4v) is 5.59. The highest BCUT2D eigenvalue weighted by molar-refractivity contribution is 6.39. The molecule has 224 valence electrons. The summed E-state index contributed by atoms with van der Waals surface area (Å²) in [7, 11) is 3.04. The number of halogens is 2. The first-order valence-electron chi connectivity index (χ1n) is 13.6. The van der Waals surface area contributed by atoms with E-state index in [1.54, 1.807) is 32.2 Å². The molecular formula is C31H31Cl2N5O5. The van der Waals surface area contributed by atoms with Crippen LogP contribution >= 0.6 is 23.2 Å². The first kappa shape index (κ1) is 30.7. The Labute approximate surface area is 258 Å². The Morgan fingerprint density at radius 1 is 1.12 bits per heavy atom. The highest BCUT2D eigenvalue weighted by Crippen LogP contribution is 2.41. The van der Waals surface area contributed by atoms with Crippen molar-refractivity contribution in [2.75, 3.05) is 25.6 Å². The average Bonchev–Trinajstić information content (AvgIpc) is 3.00. The summed E-state index contributed by atoms with van der Waals surface area (Å²) in [4.78, 5) is 30.3. The number of pyridine rings is 1. The molecule has 10 nitrogen and oxygen atoms in total. The van der Waals surface area contributed by atoms with Crippen molar-refractivity contribution in [2.45, 2.75) is 32.0 Å². The van der Waals surface area contributed by atoms with Gasteiger partial charge in [0, 0.05) is 48.5 Å². The number of benzene rings is 2. The van der Waals surface area contributed by atoms with Gasteiger partial charge in [-0.2, -0.15) is 5.10 Å². The van der Waals surface area contributed by atoms with Crippen LogP contribution in [0.3, 0.4) is 0 Å². The first-order valence-corrected chi connectivity index (χ1v) is 14.4. The number of aliphatic hydroxyl groups excluding tert-OH is 1. The van der Waals surface area contributed by atoms with Crippen LogP contribution in [0.5, 0.6) is 5.88 Å². The summed E-state index contributed by atoms with van der Waals surface area (Å²) < 4.78 is 12.0. The molecule has 1 saturated heterocycles. The molecule has 1 fully saturated rings. The number of carbonyl (C=O) groups excluding carboxylic acids is 1. The Morgan fingerprint density at radius 3 is 2.58 bits per heavy atom. The number of methoxy groups -OCH3 is 1. The molecule has 12 heteroatoms. The van der Waals surface area contributed by atoms with E-state index in [1.807, 2.05) is 30.3 Å². The van der Waals surface area contributed by atoms with Crippen molar-refractivity contribution in [3.63, 3.8) is 0 Å². The van der Waals surface area contributed by atoms with Gasteiger partial charge in [-0.25, -0.2) is 9.67 Å². The molecule has 2 aromatic carbocycles. The SMILES string of the molecule is COc1nc(-c2cccc(-c3cccc(NC(=O)c4c(C)cnn(C)c4=O)c3Cl)c2Cl)ccc1CNC1CCOC[C@@H]1O. The van der Waals surface area contributed by atoms with E-state index in [1.165, 1.54) is 13.2 Å². The average molecular weight is 625 g/mol. The lowest BCUT2D eigenvalue weighted by Crippen LogP contribution is -2.46. The standard InChI is InChI=1S/C31H31Cl2N5O5/c1-17-14-35-38(2)31(41)26(17)29(40)36-24-9-5-7-20(28(24)33)19-6-4-8-21(27(19)32)22-11-10-18(30(37-22)42-3)15-34-23-12-13-43-16-25(23)39/h4-11,14,23,25,34,39H,12-13,15-16H2,1-3H3,(H,36,40)/t23?,25-/m0/s1. The topological polar surface area (TPSA) is 128 Å². The third-order valence-electron chi connectivity index (χ3n) is 7.38. The number of aliphatic hydroxyl groups is 1. The molecule has 0 bridgehead atoms. The molecular weight excluding hydrogens is 593 g/mol. The van der Waals surface area contributed by atoms with Crippen LogP contribution in [0, 0.1) is 6.92 Å². The molecule has 0 spiro atoms. The van der Waals surface area contributed by atoms with E-state index in [2.05, 4.69) is 15.7 Å². The largest absolute Gasteiger partial charge is 0.481 e. The molecule has 5 rings (SSSR count). The van der Waals surface area contributed by atoms with Crippen LogP contribution in [-0.2, 0) is 18.3 Å². The second kappa shape index (κ2) is 13.2. The Balaban J connectivity index is 1.42. The van der Waals surface area contributed by atoms with Gasteiger partial charge in [0.2, 0.25) is 5.88 Å². The third kappa shape index (κ3) is 6.43. The molecule has 2 atom stereocenters. The van der Waals surface area contributed by atoms with Crippen LogP contribution in [-0.4, -0.2) is 58.2 Å². The van der Waals surface area contributed by atoms with E-state index in [0.29, 0.717) is 70.7 Å². The maximum absolute atomic E-state index is 13.1. The van der Waals surface area contributed by atoms with Crippen molar-refractivity contribution in [1.29, 1.82) is 0 Å². The number of carbonyl (C=O) groups is 1. The first-order chi connectivity index (χ1) is 20.7. The molecule has 0 aliphatic carbocycles. The summed E-state index contributed by atoms with van der Waals surface area (Å²) in [6.45, 7) is 3.02. The van der Waals surface area contributed by atoms with Crippen LogP contribution in [0.25, 0.3) is 22.4 Å². The monoisotopic (exact) mass is 623 g/mol. The van der Waals surface area contributed by atoms with Gasteiger partial charge in [-0.1, -0.05) is 59.6 Å². The summed E-state index contributed by atoms with van der Waals surface area (Å²) >= 11 is 13.7. The predicted molar refractivity (Wildman–Crippen MR) is 166 cm³/mol. The Morgan fingerprint density at radius 2 is 1.84 bits per heavy atom. The summed E-state index contributed by atoms with van der Waals surface area (Å²) in [6.07, 6.45) is 1.61. The Bertz CT molecular complexity index is 1730. The highest BCUT2D eigenvalue weighted by Gasteiger charge is 2.24. The van der Waals surface area contributed by atoms with E-state index in [4.69, 9.17) is 37.7 Å². The van der Waals surface area contributed by atoms with Gasteiger partial charge in [-0.15, -0.1) is 0 Å². The second-order valence-corrected chi connectivity index (χ2v) is 11.0. The lowest BCUT2D eigenvalue weighted by Gasteiger charge is -2.28. The normalized spacial score (nSPS) is 16.6. The van der Waals surface area contributed by atoms with E-state index in [-0.39, 0.29) is 16.6 Å². The quantitative estimate of drug-likeness (QED) is 0.259. The molecule has 4 aromatic rings. The molecule has 2 aromatic heterocycles. The van der Waals surface area contributed by atoms with Gasteiger partial charge >= 0.3 is 0 Å². The zero-order valence-corrected chi connectivity index (χ0v) is 25.4. The number of nitrogens with one attached hydrogen (secondary N) is 2. The lowest BCUT2D eigenvalue weighted by molar-refractivity contribution is -0.0281. The Hall–Kier alpha value is -3.80.